The summed E-state index contributed by atoms with van der Waals surface area (Å²) in [6.07, 6.45) is 1.34. The molecule has 1 N–H and O–H groups in total. The van der Waals surface area contributed by atoms with Gasteiger partial charge in [0.15, 0.2) is 5.82 Å². The number of aromatic amines is 1. The van der Waals surface area contributed by atoms with Gasteiger partial charge in [0, 0.05) is 13.6 Å². The number of aromatic nitrogens is 2. The van der Waals surface area contributed by atoms with Crippen molar-refractivity contribution in [1.29, 1.82) is 5.26 Å². The zero-order valence-corrected chi connectivity index (χ0v) is 11.3. The second-order valence-corrected chi connectivity index (χ2v) is 4.26. The Morgan fingerprint density at radius 2 is 2.30 bits per heavy atom. The highest BCUT2D eigenvalue weighted by atomic mass is 16.5. The molecule has 6 nitrogen and oxygen atoms in total. The number of H-pyrrole nitrogens is 1. The lowest BCUT2D eigenvalue weighted by Gasteiger charge is -2.19. The second-order valence-electron chi connectivity index (χ2n) is 4.26. The van der Waals surface area contributed by atoms with Gasteiger partial charge in [0.2, 0.25) is 5.75 Å². The summed E-state index contributed by atoms with van der Waals surface area (Å²) in [6.45, 7) is 0.516. The summed E-state index contributed by atoms with van der Waals surface area (Å²) >= 11 is 0. The third-order valence-corrected chi connectivity index (χ3v) is 2.83. The van der Waals surface area contributed by atoms with E-state index in [1.54, 1.807) is 17.0 Å². The van der Waals surface area contributed by atoms with E-state index in [2.05, 4.69) is 16.0 Å². The quantitative estimate of drug-likeness (QED) is 0.905. The van der Waals surface area contributed by atoms with E-state index >= 15 is 0 Å². The van der Waals surface area contributed by atoms with Crippen LogP contribution < -0.4 is 15.2 Å². The minimum atomic E-state index is -0.324. The minimum absolute atomic E-state index is 0.173. The molecule has 20 heavy (non-hydrogen) atoms. The van der Waals surface area contributed by atoms with E-state index in [-0.39, 0.29) is 11.3 Å². The van der Waals surface area contributed by atoms with Crippen molar-refractivity contribution in [3.05, 3.63) is 52.1 Å². The molecule has 0 spiro atoms. The zero-order chi connectivity index (χ0) is 14.5. The van der Waals surface area contributed by atoms with Gasteiger partial charge in [0.05, 0.1) is 25.1 Å². The Morgan fingerprint density at radius 1 is 1.50 bits per heavy atom. The molecule has 102 valence electrons. The van der Waals surface area contributed by atoms with Crippen LogP contribution in [-0.4, -0.2) is 24.1 Å². The van der Waals surface area contributed by atoms with Crippen molar-refractivity contribution < 1.29 is 4.74 Å². The van der Waals surface area contributed by atoms with Crippen LogP contribution in [0.15, 0.2) is 35.4 Å². The van der Waals surface area contributed by atoms with Gasteiger partial charge in [-0.2, -0.15) is 5.26 Å². The summed E-state index contributed by atoms with van der Waals surface area (Å²) in [4.78, 5) is 20.0. The van der Waals surface area contributed by atoms with Crippen LogP contribution in [0.2, 0.25) is 0 Å². The third-order valence-electron chi connectivity index (χ3n) is 2.83. The molecule has 1 aromatic heterocycles. The largest absolute Gasteiger partial charge is 0.489 e. The van der Waals surface area contributed by atoms with Gasteiger partial charge < -0.3 is 14.6 Å². The van der Waals surface area contributed by atoms with E-state index in [1.807, 2.05) is 19.2 Å². The number of nitriles is 1. The number of nitrogens with one attached hydrogen (secondary N) is 1. The maximum atomic E-state index is 11.6. The zero-order valence-electron chi connectivity index (χ0n) is 11.3. The molecule has 6 heteroatoms. The number of methoxy groups -OCH3 is 1. The summed E-state index contributed by atoms with van der Waals surface area (Å²) in [7, 11) is 3.24. The Hall–Kier alpha value is -2.81. The Morgan fingerprint density at radius 3 is 3.00 bits per heavy atom. The smallest absolute Gasteiger partial charge is 0.295 e. The fraction of sp³-hybridized carbons (Fsp3) is 0.214. The molecule has 0 bridgehead atoms. The van der Waals surface area contributed by atoms with E-state index in [0.29, 0.717) is 17.9 Å². The average Bonchev–Trinajstić information content (AvgIpc) is 2.47. The predicted molar refractivity (Wildman–Crippen MR) is 74.7 cm³/mol. The number of anilines is 1. The maximum absolute atomic E-state index is 11.6. The molecular formula is C14H14N4O2. The molecule has 1 heterocycles. The molecule has 0 unspecified atom stereocenters. The highest BCUT2D eigenvalue weighted by molar-refractivity contribution is 5.50. The fourth-order valence-electron chi connectivity index (χ4n) is 1.92. The van der Waals surface area contributed by atoms with E-state index in [9.17, 15) is 4.79 Å². The standard InChI is InChI=1S/C14H14N4O2/c1-18(8-11-5-3-4-10(6-11)7-15)13-12(20-2)14(19)17-9-16-13/h3-6,9H,8H2,1-2H3,(H,16,17,19). The van der Waals surface area contributed by atoms with Gasteiger partial charge in [0.1, 0.15) is 0 Å². The highest BCUT2D eigenvalue weighted by Gasteiger charge is 2.13. The Labute approximate surface area is 116 Å². The number of hydrogen-bond acceptors (Lipinski definition) is 5. The van der Waals surface area contributed by atoms with E-state index in [4.69, 9.17) is 10.00 Å². The van der Waals surface area contributed by atoms with Crippen molar-refractivity contribution >= 4 is 5.82 Å². The van der Waals surface area contributed by atoms with Crippen molar-refractivity contribution in [1.82, 2.24) is 9.97 Å². The maximum Gasteiger partial charge on any atom is 0.295 e. The molecule has 0 radical (unpaired) electrons. The first-order valence-corrected chi connectivity index (χ1v) is 5.97. The predicted octanol–water partition coefficient (Wildman–Crippen LogP) is 1.29. The summed E-state index contributed by atoms with van der Waals surface area (Å²) in [5.74, 6) is 0.630. The van der Waals surface area contributed by atoms with Crippen molar-refractivity contribution in [2.75, 3.05) is 19.1 Å². The van der Waals surface area contributed by atoms with Gasteiger partial charge in [-0.05, 0) is 17.7 Å². The average molecular weight is 270 g/mol. The molecule has 0 saturated carbocycles. The topological polar surface area (TPSA) is 82.0 Å². The summed E-state index contributed by atoms with van der Waals surface area (Å²) in [5.41, 5.74) is 1.23. The molecule has 0 fully saturated rings. The monoisotopic (exact) mass is 270 g/mol. The van der Waals surface area contributed by atoms with Crippen LogP contribution in [0.1, 0.15) is 11.1 Å². The van der Waals surface area contributed by atoms with Crippen LogP contribution >= 0.6 is 0 Å². The molecule has 0 atom stereocenters. The van der Waals surface area contributed by atoms with Crippen LogP contribution in [0.5, 0.6) is 5.75 Å². The summed E-state index contributed by atoms with van der Waals surface area (Å²) < 4.78 is 5.08. The van der Waals surface area contributed by atoms with Crippen LogP contribution in [-0.2, 0) is 6.54 Å². The Bertz CT molecular complexity index is 703. The van der Waals surface area contributed by atoms with E-state index in [0.717, 1.165) is 5.56 Å². The van der Waals surface area contributed by atoms with Crippen LogP contribution in [0.3, 0.4) is 0 Å². The van der Waals surface area contributed by atoms with Crippen LogP contribution in [0.25, 0.3) is 0 Å². The lowest BCUT2D eigenvalue weighted by molar-refractivity contribution is 0.406. The van der Waals surface area contributed by atoms with Gasteiger partial charge in [-0.3, -0.25) is 4.79 Å². The van der Waals surface area contributed by atoms with E-state index < -0.39 is 0 Å². The van der Waals surface area contributed by atoms with Crippen molar-refractivity contribution in [2.24, 2.45) is 0 Å². The third kappa shape index (κ3) is 2.78. The first kappa shape index (κ1) is 13.6. The number of nitrogens with zero attached hydrogens (tertiary/aromatic N) is 3. The van der Waals surface area contributed by atoms with Gasteiger partial charge >= 0.3 is 0 Å². The van der Waals surface area contributed by atoms with Crippen LogP contribution in [0, 0.1) is 11.3 Å². The fourth-order valence-corrected chi connectivity index (χ4v) is 1.92. The van der Waals surface area contributed by atoms with Gasteiger partial charge in [0.25, 0.3) is 5.56 Å². The SMILES string of the molecule is COc1c(N(C)Cc2cccc(C#N)c2)nc[nH]c1=O. The molecule has 0 aliphatic carbocycles. The molecule has 0 amide bonds. The van der Waals surface area contributed by atoms with Crippen LogP contribution in [0.4, 0.5) is 5.82 Å². The van der Waals surface area contributed by atoms with Crippen molar-refractivity contribution in [3.63, 3.8) is 0 Å². The molecule has 2 aromatic rings. The van der Waals surface area contributed by atoms with Crippen molar-refractivity contribution in [3.8, 4) is 11.8 Å². The number of rotatable bonds is 4. The van der Waals surface area contributed by atoms with Gasteiger partial charge in [-0.25, -0.2) is 4.98 Å². The first-order chi connectivity index (χ1) is 9.65. The summed E-state index contributed by atoms with van der Waals surface area (Å²) in [6, 6.07) is 9.38. The molecule has 0 saturated heterocycles. The Balaban J connectivity index is 2.28. The van der Waals surface area contributed by atoms with Gasteiger partial charge in [-0.15, -0.1) is 0 Å². The number of ether oxygens (including phenoxy) is 1. The second kappa shape index (κ2) is 5.89. The lowest BCUT2D eigenvalue weighted by atomic mass is 10.1. The molecule has 2 rings (SSSR count). The first-order valence-electron chi connectivity index (χ1n) is 5.97. The minimum Gasteiger partial charge on any atom is -0.489 e. The van der Waals surface area contributed by atoms with Gasteiger partial charge in [-0.1, -0.05) is 12.1 Å². The molecule has 0 aliphatic rings. The normalized spacial score (nSPS) is 9.85. The molecule has 0 aliphatic heterocycles. The lowest BCUT2D eigenvalue weighted by Crippen LogP contribution is -2.22. The molecular weight excluding hydrogens is 256 g/mol. The number of benzene rings is 1. The van der Waals surface area contributed by atoms with Crippen molar-refractivity contribution in [2.45, 2.75) is 6.54 Å². The molecule has 1 aromatic carbocycles. The van der Waals surface area contributed by atoms with E-state index in [1.165, 1.54) is 13.4 Å². The number of hydrogen-bond donors (Lipinski definition) is 1. The highest BCUT2D eigenvalue weighted by Crippen LogP contribution is 2.20. The Kier molecular flexibility index (Phi) is 4.01. The summed E-state index contributed by atoms with van der Waals surface area (Å²) in [5, 5.41) is 8.89.